The van der Waals surface area contributed by atoms with Gasteiger partial charge in [-0.1, -0.05) is 22.9 Å². The second-order valence-corrected chi connectivity index (χ2v) is 7.28. The van der Waals surface area contributed by atoms with E-state index in [-0.39, 0.29) is 11.9 Å². The van der Waals surface area contributed by atoms with Crippen LogP contribution in [0.25, 0.3) is 0 Å². The van der Waals surface area contributed by atoms with Crippen LogP contribution in [0.15, 0.2) is 22.7 Å². The summed E-state index contributed by atoms with van der Waals surface area (Å²) in [5.74, 6) is -0.152. The summed E-state index contributed by atoms with van der Waals surface area (Å²) in [6.45, 7) is 7.08. The average Bonchev–Trinajstić information content (AvgIpc) is 2.77. The number of nitrogens with one attached hydrogen (secondary N) is 1. The number of hydrogen-bond acceptors (Lipinski definition) is 3. The van der Waals surface area contributed by atoms with Crippen molar-refractivity contribution in [1.82, 2.24) is 10.3 Å². The molecule has 114 valence electrons. The number of aryl methyl sites for hydroxylation is 2. The molecule has 21 heavy (non-hydrogen) atoms. The van der Waals surface area contributed by atoms with Gasteiger partial charge in [-0.2, -0.15) is 0 Å². The molecular weight excluding hydrogens is 351 g/mol. The zero-order chi connectivity index (χ0) is 15.4. The summed E-state index contributed by atoms with van der Waals surface area (Å²) < 4.78 is 14.9. The largest absolute Gasteiger partial charge is 0.309 e. The van der Waals surface area contributed by atoms with E-state index >= 15 is 0 Å². The maximum Gasteiger partial charge on any atom is 0.126 e. The van der Waals surface area contributed by atoms with Gasteiger partial charge in [-0.3, -0.25) is 0 Å². The number of halogens is 2. The van der Waals surface area contributed by atoms with Gasteiger partial charge in [0.2, 0.25) is 0 Å². The Balaban J connectivity index is 2.28. The van der Waals surface area contributed by atoms with E-state index in [0.29, 0.717) is 6.42 Å². The summed E-state index contributed by atoms with van der Waals surface area (Å²) in [5.41, 5.74) is 1.77. The molecule has 1 atom stereocenters. The van der Waals surface area contributed by atoms with E-state index in [0.717, 1.165) is 33.7 Å². The Morgan fingerprint density at radius 2 is 2.14 bits per heavy atom. The van der Waals surface area contributed by atoms with Crippen LogP contribution in [-0.2, 0) is 6.42 Å². The smallest absolute Gasteiger partial charge is 0.126 e. The van der Waals surface area contributed by atoms with Crippen LogP contribution in [0.4, 0.5) is 4.39 Å². The summed E-state index contributed by atoms with van der Waals surface area (Å²) >= 11 is 5.11. The molecule has 0 radical (unpaired) electrons. The molecule has 2 nitrogen and oxygen atoms in total. The van der Waals surface area contributed by atoms with Crippen LogP contribution >= 0.6 is 27.3 Å². The van der Waals surface area contributed by atoms with E-state index in [1.165, 1.54) is 10.9 Å². The number of benzene rings is 1. The van der Waals surface area contributed by atoms with E-state index in [2.05, 4.69) is 33.2 Å². The third kappa shape index (κ3) is 4.34. The minimum absolute atomic E-state index is 0.111. The monoisotopic (exact) mass is 370 g/mol. The van der Waals surface area contributed by atoms with Crippen molar-refractivity contribution >= 4 is 27.3 Å². The molecule has 2 aromatic rings. The van der Waals surface area contributed by atoms with E-state index in [4.69, 9.17) is 0 Å². The lowest BCUT2D eigenvalue weighted by Crippen LogP contribution is -2.24. The third-order valence-electron chi connectivity index (χ3n) is 3.33. The lowest BCUT2D eigenvalue weighted by molar-refractivity contribution is 0.516. The fourth-order valence-corrected chi connectivity index (χ4v) is 3.78. The van der Waals surface area contributed by atoms with Gasteiger partial charge in [0.1, 0.15) is 5.82 Å². The Morgan fingerprint density at radius 1 is 1.38 bits per heavy atom. The number of thiazole rings is 1. The zero-order valence-electron chi connectivity index (χ0n) is 12.5. The maximum absolute atomic E-state index is 14.0. The normalized spacial score (nSPS) is 12.6. The van der Waals surface area contributed by atoms with Gasteiger partial charge in [-0.25, -0.2) is 9.37 Å². The molecule has 1 aromatic carbocycles. The van der Waals surface area contributed by atoms with Crippen LogP contribution in [-0.4, -0.2) is 11.5 Å². The highest BCUT2D eigenvalue weighted by Crippen LogP contribution is 2.29. The van der Waals surface area contributed by atoms with Crippen molar-refractivity contribution in [2.75, 3.05) is 6.54 Å². The fraction of sp³-hybridized carbons (Fsp3) is 0.438. The van der Waals surface area contributed by atoms with Crippen LogP contribution in [0.5, 0.6) is 0 Å². The molecular formula is C16H20BrFN2S. The number of nitrogens with zero attached hydrogens (tertiary/aromatic N) is 1. The first-order valence-electron chi connectivity index (χ1n) is 7.12. The Morgan fingerprint density at radius 3 is 2.76 bits per heavy atom. The van der Waals surface area contributed by atoms with Gasteiger partial charge in [-0.05, 0) is 57.0 Å². The van der Waals surface area contributed by atoms with E-state index < -0.39 is 0 Å². The van der Waals surface area contributed by atoms with Gasteiger partial charge in [0.25, 0.3) is 0 Å². The topological polar surface area (TPSA) is 24.9 Å². The molecule has 2 rings (SSSR count). The lowest BCUT2D eigenvalue weighted by Gasteiger charge is -2.18. The molecule has 0 spiro atoms. The Bertz CT molecular complexity index is 612. The van der Waals surface area contributed by atoms with Crippen molar-refractivity contribution in [1.29, 1.82) is 0 Å². The van der Waals surface area contributed by atoms with Crippen molar-refractivity contribution in [3.05, 3.63) is 49.6 Å². The first-order valence-corrected chi connectivity index (χ1v) is 8.73. The molecule has 0 saturated carbocycles. The Labute approximate surface area is 137 Å². The minimum atomic E-state index is -0.152. The molecule has 0 aliphatic carbocycles. The van der Waals surface area contributed by atoms with Gasteiger partial charge in [0.15, 0.2) is 0 Å². The molecule has 0 aliphatic heterocycles. The first-order chi connectivity index (χ1) is 10.0. The molecule has 1 unspecified atom stereocenters. The SMILES string of the molecule is CCCNC(Cc1cc(Br)ccc1F)c1sc(C)nc1C. The van der Waals surface area contributed by atoms with E-state index in [1.807, 2.05) is 19.9 Å². The average molecular weight is 371 g/mol. The second-order valence-electron chi connectivity index (χ2n) is 5.13. The minimum Gasteiger partial charge on any atom is -0.309 e. The van der Waals surface area contributed by atoms with Gasteiger partial charge in [-0.15, -0.1) is 11.3 Å². The van der Waals surface area contributed by atoms with Crippen molar-refractivity contribution in [3.8, 4) is 0 Å². The van der Waals surface area contributed by atoms with Gasteiger partial charge in [0.05, 0.1) is 10.7 Å². The van der Waals surface area contributed by atoms with Crippen molar-refractivity contribution in [2.45, 2.75) is 39.7 Å². The molecule has 0 bridgehead atoms. The van der Waals surface area contributed by atoms with Crippen LogP contribution in [0, 0.1) is 19.7 Å². The summed E-state index contributed by atoms with van der Waals surface area (Å²) in [7, 11) is 0. The third-order valence-corrected chi connectivity index (χ3v) is 5.01. The molecule has 0 aliphatic rings. The van der Waals surface area contributed by atoms with Crippen molar-refractivity contribution in [2.24, 2.45) is 0 Å². The quantitative estimate of drug-likeness (QED) is 0.778. The summed E-state index contributed by atoms with van der Waals surface area (Å²) in [5, 5.41) is 4.58. The van der Waals surface area contributed by atoms with Crippen LogP contribution in [0.2, 0.25) is 0 Å². The lowest BCUT2D eigenvalue weighted by atomic mass is 10.0. The predicted molar refractivity (Wildman–Crippen MR) is 90.4 cm³/mol. The zero-order valence-corrected chi connectivity index (χ0v) is 14.9. The van der Waals surface area contributed by atoms with Crippen LogP contribution in [0.1, 0.15) is 40.5 Å². The maximum atomic E-state index is 14.0. The highest BCUT2D eigenvalue weighted by Gasteiger charge is 2.19. The Hall–Kier alpha value is -0.780. The summed E-state index contributed by atoms with van der Waals surface area (Å²) in [4.78, 5) is 5.71. The van der Waals surface area contributed by atoms with Crippen LogP contribution in [0.3, 0.4) is 0 Å². The molecule has 0 fully saturated rings. The standard InChI is InChI=1S/C16H20BrFN2S/c1-4-7-19-15(16-10(2)20-11(3)21-16)9-12-8-13(17)5-6-14(12)18/h5-6,8,15,19H,4,7,9H2,1-3H3. The number of hydrogen-bond donors (Lipinski definition) is 1. The molecule has 5 heteroatoms. The van der Waals surface area contributed by atoms with Crippen LogP contribution < -0.4 is 5.32 Å². The second kappa shape index (κ2) is 7.47. The van der Waals surface area contributed by atoms with Gasteiger partial charge < -0.3 is 5.32 Å². The van der Waals surface area contributed by atoms with Crippen molar-refractivity contribution in [3.63, 3.8) is 0 Å². The highest BCUT2D eigenvalue weighted by molar-refractivity contribution is 9.10. The molecule has 0 saturated heterocycles. The highest BCUT2D eigenvalue weighted by atomic mass is 79.9. The molecule has 1 N–H and O–H groups in total. The van der Waals surface area contributed by atoms with E-state index in [9.17, 15) is 4.39 Å². The van der Waals surface area contributed by atoms with Gasteiger partial charge in [0, 0.05) is 15.4 Å². The molecule has 1 heterocycles. The summed E-state index contributed by atoms with van der Waals surface area (Å²) in [6, 6.07) is 5.22. The molecule has 0 amide bonds. The van der Waals surface area contributed by atoms with E-state index in [1.54, 1.807) is 17.4 Å². The predicted octanol–water partition coefficient (Wildman–Crippen LogP) is 4.94. The summed E-state index contributed by atoms with van der Waals surface area (Å²) in [6.07, 6.45) is 1.68. The first kappa shape index (κ1) is 16.6. The fourth-order valence-electron chi connectivity index (χ4n) is 2.37. The number of rotatable bonds is 6. The molecule has 1 aromatic heterocycles. The van der Waals surface area contributed by atoms with Crippen molar-refractivity contribution < 1.29 is 4.39 Å². The Kier molecular flexibility index (Phi) is 5.90. The number of aromatic nitrogens is 1. The van der Waals surface area contributed by atoms with Gasteiger partial charge >= 0.3 is 0 Å².